The number of nitrogens with zero attached hydrogens (tertiary/aromatic N) is 1. The molecule has 2 aromatic rings. The molecule has 0 spiro atoms. The molecule has 0 atom stereocenters. The number of hydrogen-bond donors (Lipinski definition) is 2. The molecule has 0 aliphatic heterocycles. The zero-order chi connectivity index (χ0) is 14.5. The van der Waals surface area contributed by atoms with E-state index in [0.29, 0.717) is 17.9 Å². The van der Waals surface area contributed by atoms with Crippen molar-refractivity contribution in [3.05, 3.63) is 59.9 Å². The molecule has 4 nitrogen and oxygen atoms in total. The number of benzene rings is 2. The highest BCUT2D eigenvalue weighted by molar-refractivity contribution is 5.89. The van der Waals surface area contributed by atoms with Gasteiger partial charge >= 0.3 is 6.03 Å². The minimum Gasteiger partial charge on any atom is -0.399 e. The molecule has 0 bridgehead atoms. The Morgan fingerprint density at radius 1 is 1.25 bits per heavy atom. The highest BCUT2D eigenvalue weighted by Gasteiger charge is 2.09. The Balaban J connectivity index is 1.98. The number of carbonyl (C=O) groups excluding carboxylic acids is 1. The summed E-state index contributed by atoms with van der Waals surface area (Å²) in [6, 6.07) is 12.8. The third-order valence-corrected chi connectivity index (χ3v) is 2.79. The smallest absolute Gasteiger partial charge is 0.321 e. The van der Waals surface area contributed by atoms with E-state index < -0.39 is 0 Å². The number of nitrogen functional groups attached to an aromatic ring is 1. The first-order chi connectivity index (χ1) is 9.54. The van der Waals surface area contributed by atoms with Crippen LogP contribution in [0, 0.1) is 5.82 Å². The number of halogens is 1. The molecule has 0 aliphatic carbocycles. The Morgan fingerprint density at radius 2 is 2.00 bits per heavy atom. The van der Waals surface area contributed by atoms with Crippen molar-refractivity contribution in [2.24, 2.45) is 0 Å². The maximum absolute atomic E-state index is 13.0. The number of carbonyl (C=O) groups is 1. The van der Waals surface area contributed by atoms with Gasteiger partial charge in [0.2, 0.25) is 0 Å². The standard InChI is InChI=1S/C15H16FN3O/c1-19(10-11-4-2-6-13(17)8-11)15(20)18-14-7-3-5-12(16)9-14/h2-9H,10,17H2,1H3,(H,18,20). The molecule has 0 fully saturated rings. The quantitative estimate of drug-likeness (QED) is 0.844. The first kappa shape index (κ1) is 13.9. The average Bonchev–Trinajstić information content (AvgIpc) is 2.38. The maximum atomic E-state index is 13.0. The summed E-state index contributed by atoms with van der Waals surface area (Å²) in [4.78, 5) is 13.5. The molecule has 0 heterocycles. The van der Waals surface area contributed by atoms with E-state index in [2.05, 4.69) is 5.32 Å². The predicted octanol–water partition coefficient (Wildman–Crippen LogP) is 3.07. The van der Waals surface area contributed by atoms with Crippen molar-refractivity contribution in [1.29, 1.82) is 0 Å². The van der Waals surface area contributed by atoms with Crippen LogP contribution in [0.2, 0.25) is 0 Å². The van der Waals surface area contributed by atoms with Crippen LogP contribution in [0.5, 0.6) is 0 Å². The van der Waals surface area contributed by atoms with Crippen molar-refractivity contribution < 1.29 is 9.18 Å². The zero-order valence-corrected chi connectivity index (χ0v) is 11.1. The molecular formula is C15H16FN3O. The Bertz CT molecular complexity index is 616. The van der Waals surface area contributed by atoms with Gasteiger partial charge in [-0.2, -0.15) is 0 Å². The number of nitrogens with two attached hydrogens (primary N) is 1. The summed E-state index contributed by atoms with van der Waals surface area (Å²) in [6.45, 7) is 0.423. The summed E-state index contributed by atoms with van der Waals surface area (Å²) in [7, 11) is 1.66. The van der Waals surface area contributed by atoms with Gasteiger partial charge < -0.3 is 16.0 Å². The molecule has 0 saturated carbocycles. The van der Waals surface area contributed by atoms with Gasteiger partial charge in [-0.05, 0) is 35.9 Å². The van der Waals surface area contributed by atoms with Crippen molar-refractivity contribution in [3.8, 4) is 0 Å². The molecule has 0 radical (unpaired) electrons. The summed E-state index contributed by atoms with van der Waals surface area (Å²) in [5, 5.41) is 2.63. The van der Waals surface area contributed by atoms with E-state index in [1.165, 1.54) is 17.0 Å². The minimum atomic E-state index is -0.388. The second kappa shape index (κ2) is 6.06. The molecule has 20 heavy (non-hydrogen) atoms. The highest BCUT2D eigenvalue weighted by Crippen LogP contribution is 2.12. The van der Waals surface area contributed by atoms with Crippen LogP contribution >= 0.6 is 0 Å². The molecule has 2 rings (SSSR count). The van der Waals surface area contributed by atoms with Gasteiger partial charge in [0.1, 0.15) is 5.82 Å². The SMILES string of the molecule is CN(Cc1cccc(N)c1)C(=O)Nc1cccc(F)c1. The van der Waals surface area contributed by atoms with Gasteiger partial charge in [-0.3, -0.25) is 0 Å². The normalized spacial score (nSPS) is 10.1. The molecule has 2 aromatic carbocycles. The van der Waals surface area contributed by atoms with E-state index in [-0.39, 0.29) is 11.8 Å². The maximum Gasteiger partial charge on any atom is 0.321 e. The summed E-state index contributed by atoms with van der Waals surface area (Å²) >= 11 is 0. The van der Waals surface area contributed by atoms with Crippen molar-refractivity contribution in [1.82, 2.24) is 4.90 Å². The molecule has 3 N–H and O–H groups in total. The van der Waals surface area contributed by atoms with Gasteiger partial charge in [-0.1, -0.05) is 18.2 Å². The number of hydrogen-bond acceptors (Lipinski definition) is 2. The van der Waals surface area contributed by atoms with Crippen LogP contribution in [0.25, 0.3) is 0 Å². The number of urea groups is 1. The third kappa shape index (κ3) is 3.71. The summed E-state index contributed by atoms with van der Waals surface area (Å²) < 4.78 is 13.0. The van der Waals surface area contributed by atoms with Gasteiger partial charge in [-0.15, -0.1) is 0 Å². The van der Waals surface area contributed by atoms with Gasteiger partial charge in [-0.25, -0.2) is 9.18 Å². The van der Waals surface area contributed by atoms with Gasteiger partial charge in [0.15, 0.2) is 0 Å². The minimum absolute atomic E-state index is 0.307. The number of rotatable bonds is 3. The molecule has 104 valence electrons. The van der Waals surface area contributed by atoms with E-state index in [1.807, 2.05) is 18.2 Å². The third-order valence-electron chi connectivity index (χ3n) is 2.79. The van der Waals surface area contributed by atoms with E-state index in [4.69, 9.17) is 5.73 Å². The highest BCUT2D eigenvalue weighted by atomic mass is 19.1. The van der Waals surface area contributed by atoms with Crippen molar-refractivity contribution in [2.45, 2.75) is 6.54 Å². The lowest BCUT2D eigenvalue weighted by Crippen LogP contribution is -2.30. The van der Waals surface area contributed by atoms with Crippen molar-refractivity contribution >= 4 is 17.4 Å². The van der Waals surface area contributed by atoms with Gasteiger partial charge in [0.25, 0.3) is 0 Å². The Hall–Kier alpha value is -2.56. The lowest BCUT2D eigenvalue weighted by atomic mass is 10.2. The number of amides is 2. The van der Waals surface area contributed by atoms with E-state index in [1.54, 1.807) is 25.2 Å². The van der Waals surface area contributed by atoms with E-state index in [9.17, 15) is 9.18 Å². The van der Waals surface area contributed by atoms with E-state index in [0.717, 1.165) is 5.56 Å². The largest absolute Gasteiger partial charge is 0.399 e. The molecule has 0 aromatic heterocycles. The van der Waals surface area contributed by atoms with Crippen LogP contribution in [0.4, 0.5) is 20.6 Å². The Labute approximate surface area is 117 Å². The van der Waals surface area contributed by atoms with Crippen LogP contribution in [-0.2, 0) is 6.54 Å². The topological polar surface area (TPSA) is 58.4 Å². The number of nitrogens with one attached hydrogen (secondary N) is 1. The van der Waals surface area contributed by atoms with Crippen LogP contribution in [-0.4, -0.2) is 18.0 Å². The lowest BCUT2D eigenvalue weighted by molar-refractivity contribution is 0.220. The molecular weight excluding hydrogens is 257 g/mol. The van der Waals surface area contributed by atoms with Crippen LogP contribution in [0.1, 0.15) is 5.56 Å². The molecule has 5 heteroatoms. The van der Waals surface area contributed by atoms with Crippen LogP contribution in [0.15, 0.2) is 48.5 Å². The first-order valence-electron chi connectivity index (χ1n) is 6.17. The van der Waals surface area contributed by atoms with Crippen molar-refractivity contribution in [3.63, 3.8) is 0 Å². The number of anilines is 2. The van der Waals surface area contributed by atoms with Crippen molar-refractivity contribution in [2.75, 3.05) is 18.1 Å². The van der Waals surface area contributed by atoms with E-state index >= 15 is 0 Å². The lowest BCUT2D eigenvalue weighted by Gasteiger charge is -2.18. The predicted molar refractivity (Wildman–Crippen MR) is 77.7 cm³/mol. The second-order valence-corrected chi connectivity index (χ2v) is 4.54. The fourth-order valence-electron chi connectivity index (χ4n) is 1.82. The molecule has 0 saturated heterocycles. The fourth-order valence-corrected chi connectivity index (χ4v) is 1.82. The van der Waals surface area contributed by atoms with Crippen LogP contribution < -0.4 is 11.1 Å². The first-order valence-corrected chi connectivity index (χ1v) is 6.17. The van der Waals surface area contributed by atoms with Gasteiger partial charge in [0, 0.05) is 25.0 Å². The van der Waals surface area contributed by atoms with Gasteiger partial charge in [0.05, 0.1) is 0 Å². The molecule has 2 amide bonds. The second-order valence-electron chi connectivity index (χ2n) is 4.54. The summed E-state index contributed by atoms with van der Waals surface area (Å²) in [6.07, 6.45) is 0. The Kier molecular flexibility index (Phi) is 4.20. The molecule has 0 aliphatic rings. The fraction of sp³-hybridized carbons (Fsp3) is 0.133. The Morgan fingerprint density at radius 3 is 2.70 bits per heavy atom. The van der Waals surface area contributed by atoms with Crippen LogP contribution in [0.3, 0.4) is 0 Å². The summed E-state index contributed by atoms with van der Waals surface area (Å²) in [5.74, 6) is -0.388. The monoisotopic (exact) mass is 273 g/mol. The zero-order valence-electron chi connectivity index (χ0n) is 11.1. The molecule has 0 unspecified atom stereocenters. The summed E-state index contributed by atoms with van der Waals surface area (Å²) in [5.41, 5.74) is 7.70. The average molecular weight is 273 g/mol.